The molecule has 19 heavy (non-hydrogen) atoms. The molecule has 0 fully saturated rings. The summed E-state index contributed by atoms with van der Waals surface area (Å²) in [6.07, 6.45) is 4.42. The van der Waals surface area contributed by atoms with Crippen LogP contribution in [0, 0.1) is 0 Å². The van der Waals surface area contributed by atoms with E-state index in [4.69, 9.17) is 5.73 Å². The van der Waals surface area contributed by atoms with Crippen LogP contribution in [0.25, 0.3) is 0 Å². The third-order valence-electron chi connectivity index (χ3n) is 2.43. The van der Waals surface area contributed by atoms with Gasteiger partial charge < -0.3 is 5.73 Å². The summed E-state index contributed by atoms with van der Waals surface area (Å²) >= 11 is 1.40. The molecule has 0 aliphatic rings. The van der Waals surface area contributed by atoms with E-state index in [1.54, 1.807) is 18.5 Å². The second kappa shape index (κ2) is 5.78. The van der Waals surface area contributed by atoms with Crippen LogP contribution in [0.4, 0.5) is 0 Å². The van der Waals surface area contributed by atoms with Gasteiger partial charge in [0.15, 0.2) is 0 Å². The Morgan fingerprint density at radius 1 is 1.58 bits per heavy atom. The molecule has 0 radical (unpaired) electrons. The standard InChI is InChI=1S/C10H15N5O2S2/c1-8(10-12-3-5-18-10)14-19(16,17)9-6-13-15(7-9)4-2-11/h3,5-8,14H,2,4,11H2,1H3. The predicted octanol–water partition coefficient (Wildman–Crippen LogP) is 0.338. The van der Waals surface area contributed by atoms with Gasteiger partial charge in [-0.05, 0) is 6.92 Å². The van der Waals surface area contributed by atoms with Crippen molar-refractivity contribution in [3.05, 3.63) is 29.0 Å². The van der Waals surface area contributed by atoms with Gasteiger partial charge in [-0.25, -0.2) is 18.1 Å². The van der Waals surface area contributed by atoms with Crippen molar-refractivity contribution in [1.82, 2.24) is 19.5 Å². The van der Waals surface area contributed by atoms with Gasteiger partial charge in [0.05, 0.1) is 18.8 Å². The third-order valence-corrected chi connectivity index (χ3v) is 4.89. The average molecular weight is 301 g/mol. The minimum Gasteiger partial charge on any atom is -0.329 e. The lowest BCUT2D eigenvalue weighted by molar-refractivity contribution is 0.565. The maximum Gasteiger partial charge on any atom is 0.244 e. The fraction of sp³-hybridized carbons (Fsp3) is 0.400. The minimum absolute atomic E-state index is 0.129. The second-order valence-corrected chi connectivity index (χ2v) is 6.58. The molecule has 9 heteroatoms. The van der Waals surface area contributed by atoms with E-state index in [1.165, 1.54) is 28.4 Å². The largest absolute Gasteiger partial charge is 0.329 e. The van der Waals surface area contributed by atoms with Crippen molar-refractivity contribution in [1.29, 1.82) is 0 Å². The minimum atomic E-state index is -3.59. The Bertz CT molecular complexity index is 620. The van der Waals surface area contributed by atoms with E-state index >= 15 is 0 Å². The SMILES string of the molecule is CC(NS(=O)(=O)c1cnn(CCN)c1)c1nccs1. The van der Waals surface area contributed by atoms with Crippen LogP contribution in [0.3, 0.4) is 0 Å². The number of rotatable bonds is 6. The van der Waals surface area contributed by atoms with Crippen molar-refractivity contribution in [2.75, 3.05) is 6.54 Å². The first kappa shape index (κ1) is 14.1. The molecule has 0 saturated carbocycles. The van der Waals surface area contributed by atoms with Gasteiger partial charge >= 0.3 is 0 Å². The van der Waals surface area contributed by atoms with E-state index in [-0.39, 0.29) is 10.9 Å². The fourth-order valence-electron chi connectivity index (χ4n) is 1.54. The lowest BCUT2D eigenvalue weighted by atomic mass is 10.4. The van der Waals surface area contributed by atoms with E-state index in [2.05, 4.69) is 14.8 Å². The lowest BCUT2D eigenvalue weighted by Gasteiger charge is -2.10. The number of nitrogens with one attached hydrogen (secondary N) is 1. The third kappa shape index (κ3) is 3.38. The van der Waals surface area contributed by atoms with Crippen LogP contribution in [-0.2, 0) is 16.6 Å². The zero-order valence-corrected chi connectivity index (χ0v) is 12.0. The topological polar surface area (TPSA) is 103 Å². The molecule has 3 N–H and O–H groups in total. The van der Waals surface area contributed by atoms with Crippen LogP contribution < -0.4 is 10.5 Å². The van der Waals surface area contributed by atoms with Gasteiger partial charge in [0.25, 0.3) is 0 Å². The average Bonchev–Trinajstić information content (AvgIpc) is 2.99. The van der Waals surface area contributed by atoms with Crippen LogP contribution in [0.5, 0.6) is 0 Å². The van der Waals surface area contributed by atoms with Gasteiger partial charge in [-0.15, -0.1) is 11.3 Å². The Kier molecular flexibility index (Phi) is 4.30. The Balaban J connectivity index is 2.13. The summed E-state index contributed by atoms with van der Waals surface area (Å²) in [5, 5.41) is 6.47. The summed E-state index contributed by atoms with van der Waals surface area (Å²) in [7, 11) is -3.59. The molecule has 2 aromatic heterocycles. The van der Waals surface area contributed by atoms with Crippen LogP contribution >= 0.6 is 11.3 Å². The van der Waals surface area contributed by atoms with Gasteiger partial charge in [-0.3, -0.25) is 4.68 Å². The first-order chi connectivity index (χ1) is 9.03. The summed E-state index contributed by atoms with van der Waals surface area (Å²) in [5.41, 5.74) is 5.39. The molecule has 0 bridgehead atoms. The second-order valence-electron chi connectivity index (χ2n) is 3.94. The van der Waals surface area contributed by atoms with Gasteiger partial charge in [0.2, 0.25) is 10.0 Å². The molecule has 0 amide bonds. The number of nitrogens with two attached hydrogens (primary N) is 1. The molecule has 2 heterocycles. The summed E-state index contributed by atoms with van der Waals surface area (Å²) in [6.45, 7) is 2.64. The van der Waals surface area contributed by atoms with E-state index < -0.39 is 10.0 Å². The normalized spacial score (nSPS) is 13.6. The van der Waals surface area contributed by atoms with E-state index in [0.717, 1.165) is 5.01 Å². The van der Waals surface area contributed by atoms with Gasteiger partial charge in [-0.1, -0.05) is 0 Å². The molecule has 0 aliphatic heterocycles. The lowest BCUT2D eigenvalue weighted by Crippen LogP contribution is -2.26. The number of nitrogens with zero attached hydrogens (tertiary/aromatic N) is 3. The van der Waals surface area contributed by atoms with Crippen LogP contribution in [0.15, 0.2) is 28.9 Å². The summed E-state index contributed by atoms with van der Waals surface area (Å²) in [5.74, 6) is 0. The molecular formula is C10H15N5O2S2. The smallest absolute Gasteiger partial charge is 0.244 e. The van der Waals surface area contributed by atoms with Gasteiger partial charge in [0, 0.05) is 24.3 Å². The van der Waals surface area contributed by atoms with Gasteiger partial charge in [-0.2, -0.15) is 5.10 Å². The molecule has 0 aromatic carbocycles. The van der Waals surface area contributed by atoms with Crippen LogP contribution in [0.1, 0.15) is 18.0 Å². The number of hydrogen-bond donors (Lipinski definition) is 2. The Morgan fingerprint density at radius 2 is 2.37 bits per heavy atom. The number of thiazole rings is 1. The zero-order valence-electron chi connectivity index (χ0n) is 10.4. The molecule has 1 atom stereocenters. The molecule has 104 valence electrons. The molecule has 0 spiro atoms. The van der Waals surface area contributed by atoms with Crippen molar-refractivity contribution in [3.63, 3.8) is 0 Å². The fourth-order valence-corrected chi connectivity index (χ4v) is 3.42. The zero-order chi connectivity index (χ0) is 13.9. The highest BCUT2D eigenvalue weighted by atomic mass is 32.2. The van der Waals surface area contributed by atoms with Crippen LogP contribution in [0.2, 0.25) is 0 Å². The number of aromatic nitrogens is 3. The first-order valence-electron chi connectivity index (χ1n) is 5.67. The first-order valence-corrected chi connectivity index (χ1v) is 8.03. The molecule has 0 saturated heterocycles. The Labute approximate surface area is 115 Å². The van der Waals surface area contributed by atoms with Crippen LogP contribution in [-0.4, -0.2) is 29.7 Å². The summed E-state index contributed by atoms with van der Waals surface area (Å²) < 4.78 is 28.3. The molecule has 7 nitrogen and oxygen atoms in total. The number of hydrogen-bond acceptors (Lipinski definition) is 6. The van der Waals surface area contributed by atoms with E-state index in [0.29, 0.717) is 13.1 Å². The predicted molar refractivity (Wildman–Crippen MR) is 72.1 cm³/mol. The van der Waals surface area contributed by atoms with Crippen molar-refractivity contribution in [3.8, 4) is 0 Å². The quantitative estimate of drug-likeness (QED) is 0.800. The van der Waals surface area contributed by atoms with Crippen molar-refractivity contribution >= 4 is 21.4 Å². The Hall–Kier alpha value is -1.29. The highest BCUT2D eigenvalue weighted by Crippen LogP contribution is 2.18. The van der Waals surface area contributed by atoms with E-state index in [1.807, 2.05) is 0 Å². The molecule has 2 rings (SSSR count). The molecular weight excluding hydrogens is 286 g/mol. The Morgan fingerprint density at radius 3 is 3.00 bits per heavy atom. The van der Waals surface area contributed by atoms with Crippen molar-refractivity contribution < 1.29 is 8.42 Å². The highest BCUT2D eigenvalue weighted by molar-refractivity contribution is 7.89. The van der Waals surface area contributed by atoms with E-state index in [9.17, 15) is 8.42 Å². The number of sulfonamides is 1. The molecule has 2 aromatic rings. The maximum atomic E-state index is 12.1. The summed E-state index contributed by atoms with van der Waals surface area (Å²) in [4.78, 5) is 4.21. The monoisotopic (exact) mass is 301 g/mol. The molecule has 0 aliphatic carbocycles. The van der Waals surface area contributed by atoms with Crippen molar-refractivity contribution in [2.24, 2.45) is 5.73 Å². The highest BCUT2D eigenvalue weighted by Gasteiger charge is 2.21. The summed E-state index contributed by atoms with van der Waals surface area (Å²) in [6, 6.07) is -0.372. The maximum absolute atomic E-state index is 12.1. The van der Waals surface area contributed by atoms with Gasteiger partial charge in [0.1, 0.15) is 9.90 Å². The van der Waals surface area contributed by atoms with Crippen molar-refractivity contribution in [2.45, 2.75) is 24.4 Å². The molecule has 1 unspecified atom stereocenters.